The molecule has 1 saturated heterocycles. The van der Waals surface area contributed by atoms with Gasteiger partial charge in [-0.25, -0.2) is 9.59 Å². The third-order valence-electron chi connectivity index (χ3n) is 3.63. The summed E-state index contributed by atoms with van der Waals surface area (Å²) in [5, 5.41) is 23.1. The Morgan fingerprint density at radius 1 is 1.46 bits per heavy atom. The van der Waals surface area contributed by atoms with Gasteiger partial charge in [0.25, 0.3) is 5.91 Å². The maximum atomic E-state index is 12.0. The van der Waals surface area contributed by atoms with Crippen LogP contribution in [0.25, 0.3) is 0 Å². The van der Waals surface area contributed by atoms with Crippen LogP contribution in [0.1, 0.15) is 0 Å². The summed E-state index contributed by atoms with van der Waals surface area (Å²) >= 11 is 0. The van der Waals surface area contributed by atoms with Crippen molar-refractivity contribution in [2.75, 3.05) is 29.9 Å². The number of nitrogens with one attached hydrogen (secondary N) is 2. The molecule has 3 rings (SSSR count). The quantitative estimate of drug-likeness (QED) is 0.605. The highest BCUT2D eigenvalue weighted by atomic mass is 16.6. The summed E-state index contributed by atoms with van der Waals surface area (Å²) in [4.78, 5) is 35.1. The van der Waals surface area contributed by atoms with E-state index < -0.39 is 24.4 Å². The van der Waals surface area contributed by atoms with E-state index >= 15 is 0 Å². The number of carbonyl (C=O) groups excluding carboxylic acids is 2. The zero-order valence-corrected chi connectivity index (χ0v) is 12.4. The number of rotatable bonds is 4. The highest BCUT2D eigenvalue weighted by molar-refractivity contribution is 5.97. The number of carboxylic acid groups (broad SMARTS) is 1. The molecule has 0 saturated carbocycles. The van der Waals surface area contributed by atoms with Crippen LogP contribution in [-0.4, -0.2) is 60.2 Å². The number of hydrogen-bond acceptors (Lipinski definition) is 6. The molecule has 2 aliphatic heterocycles. The van der Waals surface area contributed by atoms with Crippen molar-refractivity contribution in [3.63, 3.8) is 0 Å². The third kappa shape index (κ3) is 3.18. The molecule has 0 aliphatic carbocycles. The number of benzene rings is 1. The van der Waals surface area contributed by atoms with E-state index in [-0.39, 0.29) is 25.6 Å². The maximum Gasteiger partial charge on any atom is 0.414 e. The molecule has 24 heavy (non-hydrogen) atoms. The van der Waals surface area contributed by atoms with Crippen LogP contribution in [0, 0.1) is 0 Å². The Labute approximate surface area is 135 Å². The first-order chi connectivity index (χ1) is 11.4. The fraction of sp³-hybridized carbons (Fsp3) is 0.357. The number of hydrogen-bond donors (Lipinski definition) is 4. The monoisotopic (exact) mass is 337 g/mol. The van der Waals surface area contributed by atoms with Gasteiger partial charge in [0.1, 0.15) is 18.0 Å². The first-order valence-corrected chi connectivity index (χ1v) is 7.14. The van der Waals surface area contributed by atoms with Crippen LogP contribution in [-0.2, 0) is 9.53 Å². The van der Waals surface area contributed by atoms with Crippen LogP contribution >= 0.6 is 0 Å². The van der Waals surface area contributed by atoms with Gasteiger partial charge in [0.05, 0.1) is 18.8 Å². The van der Waals surface area contributed by atoms with Gasteiger partial charge in [-0.05, 0) is 18.2 Å². The Kier molecular flexibility index (Phi) is 4.13. The maximum absolute atomic E-state index is 12.0. The average Bonchev–Trinajstić information content (AvgIpc) is 2.93. The number of carbonyl (C=O) groups is 3. The number of ether oxygens (including phenoxy) is 2. The van der Waals surface area contributed by atoms with Crippen LogP contribution in [0.5, 0.6) is 5.75 Å². The SMILES string of the molecule is O=C(O)NC[C@@H](O)[C@H]1CN(c2ccc3c(c2)NC(=O)CO3)C(=O)O1. The second-order valence-electron chi connectivity index (χ2n) is 5.30. The van der Waals surface area contributed by atoms with Gasteiger partial charge in [-0.15, -0.1) is 0 Å². The molecular weight excluding hydrogens is 322 g/mol. The van der Waals surface area contributed by atoms with Gasteiger partial charge in [0, 0.05) is 5.69 Å². The smallest absolute Gasteiger partial charge is 0.414 e. The lowest BCUT2D eigenvalue weighted by molar-refractivity contribution is -0.118. The average molecular weight is 337 g/mol. The lowest BCUT2D eigenvalue weighted by Gasteiger charge is -2.21. The highest BCUT2D eigenvalue weighted by Gasteiger charge is 2.37. The van der Waals surface area contributed by atoms with Crippen LogP contribution in [0.3, 0.4) is 0 Å². The number of cyclic esters (lactones) is 1. The molecular formula is C14H15N3O7. The molecule has 0 radical (unpaired) electrons. The number of nitrogens with zero attached hydrogens (tertiary/aromatic N) is 1. The normalized spacial score (nSPS) is 20.5. The molecule has 1 fully saturated rings. The van der Waals surface area contributed by atoms with Gasteiger partial charge in [-0.3, -0.25) is 9.69 Å². The van der Waals surface area contributed by atoms with E-state index in [0.29, 0.717) is 17.1 Å². The van der Waals surface area contributed by atoms with E-state index in [4.69, 9.17) is 14.6 Å². The van der Waals surface area contributed by atoms with Crippen molar-refractivity contribution >= 4 is 29.5 Å². The van der Waals surface area contributed by atoms with Crippen molar-refractivity contribution in [3.8, 4) is 5.75 Å². The molecule has 1 aromatic carbocycles. The van der Waals surface area contributed by atoms with Crippen molar-refractivity contribution in [2.45, 2.75) is 12.2 Å². The Morgan fingerprint density at radius 3 is 3.00 bits per heavy atom. The van der Waals surface area contributed by atoms with E-state index in [1.165, 1.54) is 4.90 Å². The van der Waals surface area contributed by atoms with E-state index in [0.717, 1.165) is 0 Å². The van der Waals surface area contributed by atoms with Crippen molar-refractivity contribution in [3.05, 3.63) is 18.2 Å². The Bertz CT molecular complexity index is 693. The molecule has 10 nitrogen and oxygen atoms in total. The lowest BCUT2D eigenvalue weighted by atomic mass is 10.2. The molecule has 2 aliphatic rings. The largest absolute Gasteiger partial charge is 0.482 e. The van der Waals surface area contributed by atoms with E-state index in [9.17, 15) is 19.5 Å². The number of aliphatic hydroxyl groups excluding tert-OH is 1. The lowest BCUT2D eigenvalue weighted by Crippen LogP contribution is -2.40. The number of aliphatic hydroxyl groups is 1. The molecule has 0 spiro atoms. The fourth-order valence-corrected chi connectivity index (χ4v) is 2.46. The second kappa shape index (κ2) is 6.24. The standard InChI is InChI=1S/C14H15N3O7/c18-9(4-15-13(20)21)11-5-17(14(22)24-11)7-1-2-10-8(3-7)16-12(19)6-23-10/h1-3,9,11,15,18H,4-6H2,(H,16,19)(H,20,21)/t9-,11-/m1/s1. The molecule has 10 heteroatoms. The zero-order valence-electron chi connectivity index (χ0n) is 12.4. The van der Waals surface area contributed by atoms with Gasteiger partial charge in [-0.1, -0.05) is 0 Å². The number of fused-ring (bicyclic) bond motifs is 1. The molecule has 128 valence electrons. The Hall–Kier alpha value is -3.01. The Balaban J connectivity index is 1.71. The zero-order chi connectivity index (χ0) is 17.3. The van der Waals surface area contributed by atoms with Crippen molar-refractivity contribution in [1.29, 1.82) is 0 Å². The summed E-state index contributed by atoms with van der Waals surface area (Å²) < 4.78 is 10.3. The molecule has 0 aromatic heterocycles. The molecule has 3 amide bonds. The summed E-state index contributed by atoms with van der Waals surface area (Å²) in [5.41, 5.74) is 0.901. The predicted molar refractivity (Wildman–Crippen MR) is 80.2 cm³/mol. The van der Waals surface area contributed by atoms with Crippen LogP contribution in [0.2, 0.25) is 0 Å². The summed E-state index contributed by atoms with van der Waals surface area (Å²) in [6.45, 7) is -0.271. The minimum atomic E-state index is -1.28. The minimum absolute atomic E-state index is 0.0505. The van der Waals surface area contributed by atoms with Gasteiger partial charge < -0.3 is 30.3 Å². The second-order valence-corrected chi connectivity index (χ2v) is 5.30. The summed E-state index contributed by atoms with van der Waals surface area (Å²) in [6, 6.07) is 4.81. The summed E-state index contributed by atoms with van der Waals surface area (Å²) in [6.07, 6.45) is -3.99. The molecule has 0 unspecified atom stereocenters. The van der Waals surface area contributed by atoms with Gasteiger partial charge in [0.2, 0.25) is 0 Å². The highest BCUT2D eigenvalue weighted by Crippen LogP contribution is 2.33. The van der Waals surface area contributed by atoms with Crippen molar-refractivity contribution < 1.29 is 34.1 Å². The van der Waals surface area contributed by atoms with E-state index in [1.54, 1.807) is 18.2 Å². The number of amides is 3. The minimum Gasteiger partial charge on any atom is -0.482 e. The predicted octanol–water partition coefficient (Wildman–Crippen LogP) is -0.0288. The Morgan fingerprint density at radius 2 is 2.25 bits per heavy atom. The fourth-order valence-electron chi connectivity index (χ4n) is 2.46. The van der Waals surface area contributed by atoms with Gasteiger partial charge >= 0.3 is 12.2 Å². The third-order valence-corrected chi connectivity index (χ3v) is 3.63. The topological polar surface area (TPSA) is 137 Å². The van der Waals surface area contributed by atoms with Crippen LogP contribution < -0.4 is 20.3 Å². The molecule has 2 atom stereocenters. The molecule has 2 heterocycles. The van der Waals surface area contributed by atoms with E-state index in [1.807, 2.05) is 5.32 Å². The van der Waals surface area contributed by atoms with Crippen molar-refractivity contribution in [1.82, 2.24) is 5.32 Å². The van der Waals surface area contributed by atoms with E-state index in [2.05, 4.69) is 5.32 Å². The molecule has 1 aromatic rings. The number of anilines is 2. The van der Waals surface area contributed by atoms with Gasteiger partial charge in [-0.2, -0.15) is 0 Å². The van der Waals surface area contributed by atoms with Crippen molar-refractivity contribution in [2.24, 2.45) is 0 Å². The summed E-state index contributed by atoms with van der Waals surface area (Å²) in [5.74, 6) is 0.199. The molecule has 0 bridgehead atoms. The van der Waals surface area contributed by atoms with Crippen LogP contribution in [0.15, 0.2) is 18.2 Å². The first-order valence-electron chi connectivity index (χ1n) is 7.14. The molecule has 4 N–H and O–H groups in total. The first kappa shape index (κ1) is 15.9. The van der Waals surface area contributed by atoms with Gasteiger partial charge in [0.15, 0.2) is 6.61 Å². The summed E-state index contributed by atoms with van der Waals surface area (Å²) in [7, 11) is 0. The van der Waals surface area contributed by atoms with Crippen LogP contribution in [0.4, 0.5) is 21.0 Å².